The second kappa shape index (κ2) is 5.15. The van der Waals surface area contributed by atoms with Gasteiger partial charge in [0.1, 0.15) is 6.04 Å². The third kappa shape index (κ3) is 3.26. The fourth-order valence-corrected chi connectivity index (χ4v) is 1.22. The summed E-state index contributed by atoms with van der Waals surface area (Å²) in [6.07, 6.45) is 3.10. The molecule has 16 heavy (non-hydrogen) atoms. The molecule has 7 heteroatoms. The molecular weight excluding hydrogens is 210 g/mol. The average molecular weight is 225 g/mol. The Bertz CT molecular complexity index is 360. The molecule has 1 unspecified atom stereocenters. The highest BCUT2D eigenvalue weighted by atomic mass is 16.2. The van der Waals surface area contributed by atoms with Gasteiger partial charge < -0.3 is 16.0 Å². The van der Waals surface area contributed by atoms with Gasteiger partial charge in [0.2, 0.25) is 11.9 Å². The molecule has 0 saturated carbocycles. The van der Waals surface area contributed by atoms with Crippen LogP contribution in [0.1, 0.15) is 13.8 Å². The number of nitrogens with two attached hydrogens (primary N) is 1. The number of aromatic amines is 1. The normalized spacial score (nSPS) is 12.2. The van der Waals surface area contributed by atoms with E-state index >= 15 is 0 Å². The number of nitrogens with one attached hydrogen (secondary N) is 3. The quantitative estimate of drug-likeness (QED) is 0.580. The number of H-pyrrole nitrogens is 1. The highest BCUT2D eigenvalue weighted by Crippen LogP contribution is 2.05. The Morgan fingerprint density at radius 3 is 2.62 bits per heavy atom. The van der Waals surface area contributed by atoms with Gasteiger partial charge in [-0.25, -0.2) is 9.78 Å². The fraction of sp³-hybridized carbons (Fsp3) is 0.444. The average Bonchev–Trinajstić information content (AvgIpc) is 2.65. The summed E-state index contributed by atoms with van der Waals surface area (Å²) >= 11 is 0. The summed E-state index contributed by atoms with van der Waals surface area (Å²) < 4.78 is 0. The lowest BCUT2D eigenvalue weighted by Gasteiger charge is -2.19. The first-order valence-corrected chi connectivity index (χ1v) is 4.87. The molecule has 0 spiro atoms. The Morgan fingerprint density at radius 2 is 2.19 bits per heavy atom. The third-order valence-corrected chi connectivity index (χ3v) is 1.99. The molecule has 0 saturated heterocycles. The second-order valence-corrected chi connectivity index (χ2v) is 3.66. The highest BCUT2D eigenvalue weighted by molar-refractivity contribution is 5.95. The van der Waals surface area contributed by atoms with Crippen molar-refractivity contribution in [1.29, 1.82) is 0 Å². The molecule has 0 fully saturated rings. The summed E-state index contributed by atoms with van der Waals surface area (Å²) in [7, 11) is 0. The Hall–Kier alpha value is -2.05. The van der Waals surface area contributed by atoms with Crippen molar-refractivity contribution >= 4 is 17.9 Å². The van der Waals surface area contributed by atoms with Crippen LogP contribution in [0.15, 0.2) is 12.4 Å². The van der Waals surface area contributed by atoms with E-state index in [1.54, 1.807) is 6.20 Å². The zero-order chi connectivity index (χ0) is 12.1. The summed E-state index contributed by atoms with van der Waals surface area (Å²) in [5, 5.41) is 4.91. The molecule has 0 aliphatic carbocycles. The SMILES string of the molecule is CC(C)C(NC(N)=O)C(=O)Nc1ncc[nH]1. The third-order valence-electron chi connectivity index (χ3n) is 1.99. The van der Waals surface area contributed by atoms with E-state index in [2.05, 4.69) is 20.6 Å². The van der Waals surface area contributed by atoms with E-state index in [1.165, 1.54) is 6.20 Å². The Kier molecular flexibility index (Phi) is 3.87. The Morgan fingerprint density at radius 1 is 1.50 bits per heavy atom. The van der Waals surface area contributed by atoms with Crippen LogP contribution in [0.3, 0.4) is 0 Å². The van der Waals surface area contributed by atoms with Crippen LogP contribution in [-0.2, 0) is 4.79 Å². The standard InChI is InChI=1S/C9H15N5O2/c1-5(2)6(13-8(10)16)7(15)14-9-11-3-4-12-9/h3-6H,1-2H3,(H3,10,13,16)(H2,11,12,14,15). The number of amides is 3. The number of hydrogen-bond acceptors (Lipinski definition) is 3. The van der Waals surface area contributed by atoms with Gasteiger partial charge in [0, 0.05) is 12.4 Å². The lowest BCUT2D eigenvalue weighted by molar-refractivity contribution is -0.118. The van der Waals surface area contributed by atoms with Crippen LogP contribution in [0, 0.1) is 5.92 Å². The number of primary amides is 1. The number of urea groups is 1. The maximum Gasteiger partial charge on any atom is 0.312 e. The van der Waals surface area contributed by atoms with Crippen molar-refractivity contribution in [3.8, 4) is 0 Å². The van der Waals surface area contributed by atoms with Crippen LogP contribution >= 0.6 is 0 Å². The predicted octanol–water partition coefficient (Wildman–Crippen LogP) is 0.0411. The van der Waals surface area contributed by atoms with Gasteiger partial charge in [-0.15, -0.1) is 0 Å². The molecule has 0 aliphatic heterocycles. The smallest absolute Gasteiger partial charge is 0.312 e. The first-order valence-electron chi connectivity index (χ1n) is 4.87. The van der Waals surface area contributed by atoms with E-state index in [4.69, 9.17) is 5.73 Å². The number of rotatable bonds is 4. The van der Waals surface area contributed by atoms with Gasteiger partial charge in [-0.1, -0.05) is 13.8 Å². The summed E-state index contributed by atoms with van der Waals surface area (Å²) in [5.41, 5.74) is 4.99. The van der Waals surface area contributed by atoms with Crippen molar-refractivity contribution in [2.75, 3.05) is 5.32 Å². The number of carbonyl (C=O) groups is 2. The van der Waals surface area contributed by atoms with Crippen LogP contribution in [0.4, 0.5) is 10.7 Å². The molecule has 7 nitrogen and oxygen atoms in total. The number of aromatic nitrogens is 2. The van der Waals surface area contributed by atoms with Gasteiger partial charge in [-0.05, 0) is 5.92 Å². The molecule has 0 aromatic carbocycles. The monoisotopic (exact) mass is 225 g/mol. The van der Waals surface area contributed by atoms with Crippen LogP contribution < -0.4 is 16.4 Å². The number of carbonyl (C=O) groups excluding carboxylic acids is 2. The maximum absolute atomic E-state index is 11.7. The highest BCUT2D eigenvalue weighted by Gasteiger charge is 2.23. The number of nitrogens with zero attached hydrogens (tertiary/aromatic N) is 1. The van der Waals surface area contributed by atoms with Crippen molar-refractivity contribution in [1.82, 2.24) is 15.3 Å². The van der Waals surface area contributed by atoms with Crippen molar-refractivity contribution in [3.63, 3.8) is 0 Å². The summed E-state index contributed by atoms with van der Waals surface area (Å²) in [5.74, 6) is -0.0897. The predicted molar refractivity (Wildman–Crippen MR) is 58.6 cm³/mol. The van der Waals surface area contributed by atoms with Gasteiger partial charge in [-0.3, -0.25) is 10.1 Å². The van der Waals surface area contributed by atoms with Gasteiger partial charge >= 0.3 is 6.03 Å². The number of anilines is 1. The summed E-state index contributed by atoms with van der Waals surface area (Å²) in [6, 6.07) is -1.41. The molecule has 0 aliphatic rings. The van der Waals surface area contributed by atoms with Crippen molar-refractivity contribution in [2.45, 2.75) is 19.9 Å². The van der Waals surface area contributed by atoms with Gasteiger partial charge in [0.05, 0.1) is 0 Å². The first-order chi connectivity index (χ1) is 7.50. The molecule has 1 rings (SSSR count). The van der Waals surface area contributed by atoms with E-state index in [-0.39, 0.29) is 11.8 Å². The molecule has 1 heterocycles. The molecule has 0 radical (unpaired) electrons. The molecule has 5 N–H and O–H groups in total. The molecule has 3 amide bonds. The molecule has 1 aromatic rings. The minimum Gasteiger partial charge on any atom is -0.352 e. The van der Waals surface area contributed by atoms with Gasteiger partial charge in [-0.2, -0.15) is 0 Å². The maximum atomic E-state index is 11.7. The minimum absolute atomic E-state index is 0.0672. The van der Waals surface area contributed by atoms with E-state index in [9.17, 15) is 9.59 Å². The zero-order valence-electron chi connectivity index (χ0n) is 9.15. The largest absolute Gasteiger partial charge is 0.352 e. The van der Waals surface area contributed by atoms with E-state index in [0.717, 1.165) is 0 Å². The van der Waals surface area contributed by atoms with Crippen molar-refractivity contribution in [2.24, 2.45) is 11.7 Å². The molecule has 88 valence electrons. The molecule has 0 bridgehead atoms. The van der Waals surface area contributed by atoms with Crippen molar-refractivity contribution < 1.29 is 9.59 Å². The fourth-order valence-electron chi connectivity index (χ4n) is 1.22. The lowest BCUT2D eigenvalue weighted by atomic mass is 10.0. The molecular formula is C9H15N5O2. The number of hydrogen-bond donors (Lipinski definition) is 4. The molecule has 1 aromatic heterocycles. The van der Waals surface area contributed by atoms with Gasteiger partial charge in [0.15, 0.2) is 0 Å². The molecule has 1 atom stereocenters. The Labute approximate surface area is 92.8 Å². The van der Waals surface area contributed by atoms with Crippen LogP contribution in [0.25, 0.3) is 0 Å². The second-order valence-electron chi connectivity index (χ2n) is 3.66. The van der Waals surface area contributed by atoms with E-state index in [0.29, 0.717) is 5.95 Å². The minimum atomic E-state index is -0.728. The van der Waals surface area contributed by atoms with E-state index in [1.807, 2.05) is 13.8 Å². The topological polar surface area (TPSA) is 113 Å². The van der Waals surface area contributed by atoms with Crippen molar-refractivity contribution in [3.05, 3.63) is 12.4 Å². The van der Waals surface area contributed by atoms with E-state index < -0.39 is 12.1 Å². The zero-order valence-corrected chi connectivity index (χ0v) is 9.15. The van der Waals surface area contributed by atoms with Gasteiger partial charge in [0.25, 0.3) is 0 Å². The van der Waals surface area contributed by atoms with Crippen LogP contribution in [-0.4, -0.2) is 27.9 Å². The summed E-state index contributed by atoms with van der Waals surface area (Å²) in [4.78, 5) is 29.0. The Balaban J connectivity index is 2.64. The summed E-state index contributed by atoms with van der Waals surface area (Å²) in [6.45, 7) is 3.62. The first kappa shape index (κ1) is 12.0. The van der Waals surface area contributed by atoms with Crippen LogP contribution in [0.2, 0.25) is 0 Å². The van der Waals surface area contributed by atoms with Crippen LogP contribution in [0.5, 0.6) is 0 Å². The number of imidazole rings is 1. The lowest BCUT2D eigenvalue weighted by Crippen LogP contribution is -2.49.